The molecule has 4 aromatic rings. The van der Waals surface area contributed by atoms with Crippen LogP contribution in [0, 0.1) is 13.8 Å². The Hall–Kier alpha value is -3.45. The second-order valence-corrected chi connectivity index (χ2v) is 8.85. The first-order valence-electron chi connectivity index (χ1n) is 10.5. The second kappa shape index (κ2) is 9.78. The smallest absolute Gasteiger partial charge is 0.262 e. The predicted molar refractivity (Wildman–Crippen MR) is 127 cm³/mol. The Bertz CT molecular complexity index is 1280. The number of aromatic nitrogens is 2. The largest absolute Gasteiger partial charge is 0.489 e. The minimum Gasteiger partial charge on any atom is -0.489 e. The molecule has 0 aliphatic rings. The van der Waals surface area contributed by atoms with Crippen molar-refractivity contribution in [1.82, 2.24) is 14.9 Å². The number of para-hydroxylation sites is 1. The quantitative estimate of drug-likeness (QED) is 0.436. The zero-order valence-corrected chi connectivity index (χ0v) is 18.9. The molecule has 164 valence electrons. The van der Waals surface area contributed by atoms with Crippen molar-refractivity contribution in [3.05, 3.63) is 92.8 Å². The van der Waals surface area contributed by atoms with E-state index in [0.29, 0.717) is 25.1 Å². The van der Waals surface area contributed by atoms with Crippen LogP contribution in [-0.2, 0) is 24.5 Å². The lowest BCUT2D eigenvalue weighted by molar-refractivity contribution is -0.121. The van der Waals surface area contributed by atoms with Gasteiger partial charge in [-0.25, -0.2) is 4.98 Å². The summed E-state index contributed by atoms with van der Waals surface area (Å²) in [7, 11) is 0. The molecule has 0 saturated carbocycles. The zero-order valence-electron chi connectivity index (χ0n) is 18.1. The lowest BCUT2D eigenvalue weighted by atomic mass is 10.1. The molecule has 7 heteroatoms. The Morgan fingerprint density at radius 3 is 2.53 bits per heavy atom. The fraction of sp³-hybridized carbons (Fsp3) is 0.240. The molecule has 0 aliphatic heterocycles. The van der Waals surface area contributed by atoms with Crippen LogP contribution in [0.15, 0.2) is 65.7 Å². The maximum Gasteiger partial charge on any atom is 0.262 e. The van der Waals surface area contributed by atoms with Crippen molar-refractivity contribution >= 4 is 27.5 Å². The van der Waals surface area contributed by atoms with Gasteiger partial charge in [-0.1, -0.05) is 42.5 Å². The molecule has 4 rings (SSSR count). The molecule has 1 amide bonds. The van der Waals surface area contributed by atoms with Gasteiger partial charge in [-0.05, 0) is 42.7 Å². The molecule has 32 heavy (non-hydrogen) atoms. The Kier molecular flexibility index (Phi) is 6.66. The number of ether oxygens (including phenoxy) is 1. The van der Waals surface area contributed by atoms with Crippen molar-refractivity contribution in [2.24, 2.45) is 0 Å². The highest BCUT2D eigenvalue weighted by atomic mass is 32.1. The summed E-state index contributed by atoms with van der Waals surface area (Å²) in [5, 5.41) is 3.57. The van der Waals surface area contributed by atoms with E-state index >= 15 is 0 Å². The van der Waals surface area contributed by atoms with Crippen molar-refractivity contribution in [2.45, 2.75) is 40.0 Å². The first-order valence-corrected chi connectivity index (χ1v) is 11.3. The fourth-order valence-corrected chi connectivity index (χ4v) is 4.36. The zero-order chi connectivity index (χ0) is 22.5. The number of hydrogen-bond donors (Lipinski definition) is 1. The predicted octanol–water partition coefficient (Wildman–Crippen LogP) is 4.36. The van der Waals surface area contributed by atoms with Gasteiger partial charge in [0.15, 0.2) is 0 Å². The number of fused-ring (bicyclic) bond motifs is 1. The molecule has 0 bridgehead atoms. The van der Waals surface area contributed by atoms with Crippen molar-refractivity contribution < 1.29 is 9.53 Å². The summed E-state index contributed by atoms with van der Waals surface area (Å²) in [6, 6.07) is 17.6. The molecule has 2 aromatic heterocycles. The molecule has 2 heterocycles. The van der Waals surface area contributed by atoms with Crippen LogP contribution in [0.5, 0.6) is 5.75 Å². The van der Waals surface area contributed by atoms with E-state index in [2.05, 4.69) is 10.3 Å². The molecule has 0 spiro atoms. The van der Waals surface area contributed by atoms with Crippen LogP contribution in [-0.4, -0.2) is 15.5 Å². The number of thiophene rings is 1. The van der Waals surface area contributed by atoms with E-state index in [0.717, 1.165) is 32.1 Å². The lowest BCUT2D eigenvalue weighted by Gasteiger charge is -2.09. The van der Waals surface area contributed by atoms with E-state index in [4.69, 9.17) is 4.74 Å². The first kappa shape index (κ1) is 21.8. The number of amides is 1. The van der Waals surface area contributed by atoms with Crippen molar-refractivity contribution in [3.63, 3.8) is 0 Å². The molecule has 0 unspecified atom stereocenters. The van der Waals surface area contributed by atoms with Gasteiger partial charge in [-0.2, -0.15) is 0 Å². The van der Waals surface area contributed by atoms with Gasteiger partial charge in [0.25, 0.3) is 5.56 Å². The van der Waals surface area contributed by atoms with Gasteiger partial charge < -0.3 is 10.1 Å². The molecule has 0 aliphatic carbocycles. The number of aryl methyl sites for hydroxylation is 3. The third-order valence-electron chi connectivity index (χ3n) is 5.40. The number of hydrogen-bond acceptors (Lipinski definition) is 5. The van der Waals surface area contributed by atoms with E-state index in [1.807, 2.05) is 68.4 Å². The fourth-order valence-electron chi connectivity index (χ4n) is 3.38. The van der Waals surface area contributed by atoms with Gasteiger partial charge in [0.05, 0.1) is 11.7 Å². The van der Waals surface area contributed by atoms with E-state index in [1.165, 1.54) is 22.2 Å². The summed E-state index contributed by atoms with van der Waals surface area (Å²) in [4.78, 5) is 31.2. The monoisotopic (exact) mass is 447 g/mol. The van der Waals surface area contributed by atoms with Gasteiger partial charge in [-0.3, -0.25) is 14.2 Å². The summed E-state index contributed by atoms with van der Waals surface area (Å²) in [6.07, 6.45) is 1.75. The maximum atomic E-state index is 12.7. The molecular weight excluding hydrogens is 422 g/mol. The molecule has 0 radical (unpaired) electrons. The number of rotatable bonds is 8. The molecule has 0 saturated heterocycles. The average molecular weight is 448 g/mol. The number of carbonyl (C=O) groups is 1. The number of nitrogens with one attached hydrogen (secondary N) is 1. The summed E-state index contributed by atoms with van der Waals surface area (Å²) >= 11 is 1.52. The second-order valence-electron chi connectivity index (χ2n) is 7.65. The topological polar surface area (TPSA) is 73.2 Å². The van der Waals surface area contributed by atoms with Crippen molar-refractivity contribution in [2.75, 3.05) is 0 Å². The maximum absolute atomic E-state index is 12.7. The number of nitrogens with zero attached hydrogens (tertiary/aromatic N) is 2. The Morgan fingerprint density at radius 2 is 1.78 bits per heavy atom. The first-order chi connectivity index (χ1) is 15.5. The minimum atomic E-state index is -0.105. The summed E-state index contributed by atoms with van der Waals surface area (Å²) < 4.78 is 7.26. The van der Waals surface area contributed by atoms with Crippen LogP contribution in [0.2, 0.25) is 0 Å². The SMILES string of the molecule is Cc1sc2ncn(CCC(=O)NCc3ccc(COc4ccccc4)cc3)c(=O)c2c1C. The third-order valence-corrected chi connectivity index (χ3v) is 6.51. The standard InChI is InChI=1S/C25H25N3O3S/c1-17-18(2)32-24-23(17)25(30)28(16-27-24)13-12-22(29)26-14-19-8-10-20(11-9-19)15-31-21-6-4-3-5-7-21/h3-11,16H,12-15H2,1-2H3,(H,26,29). The van der Waals surface area contributed by atoms with E-state index < -0.39 is 0 Å². The number of benzene rings is 2. The van der Waals surface area contributed by atoms with Crippen LogP contribution >= 0.6 is 11.3 Å². The van der Waals surface area contributed by atoms with Crippen LogP contribution in [0.25, 0.3) is 10.2 Å². The van der Waals surface area contributed by atoms with Gasteiger partial charge >= 0.3 is 0 Å². The van der Waals surface area contributed by atoms with Crippen LogP contribution < -0.4 is 15.6 Å². The number of carbonyl (C=O) groups excluding carboxylic acids is 1. The highest BCUT2D eigenvalue weighted by Crippen LogP contribution is 2.25. The molecule has 0 atom stereocenters. The Balaban J connectivity index is 1.27. The van der Waals surface area contributed by atoms with E-state index in [-0.39, 0.29) is 17.9 Å². The van der Waals surface area contributed by atoms with Crippen LogP contribution in [0.3, 0.4) is 0 Å². The van der Waals surface area contributed by atoms with E-state index in [9.17, 15) is 9.59 Å². The molecule has 2 aromatic carbocycles. The van der Waals surface area contributed by atoms with Crippen LogP contribution in [0.4, 0.5) is 0 Å². The lowest BCUT2D eigenvalue weighted by Crippen LogP contribution is -2.27. The third kappa shape index (κ3) is 5.06. The molecule has 0 fully saturated rings. The van der Waals surface area contributed by atoms with Gasteiger partial charge in [-0.15, -0.1) is 11.3 Å². The normalized spacial score (nSPS) is 10.9. The van der Waals surface area contributed by atoms with Gasteiger partial charge in [0.2, 0.25) is 5.91 Å². The average Bonchev–Trinajstić information content (AvgIpc) is 3.11. The highest BCUT2D eigenvalue weighted by molar-refractivity contribution is 7.18. The Labute approximate surface area is 190 Å². The molecule has 6 nitrogen and oxygen atoms in total. The van der Waals surface area contributed by atoms with Crippen molar-refractivity contribution in [3.8, 4) is 5.75 Å². The summed E-state index contributed by atoms with van der Waals surface area (Å²) in [6.45, 7) is 5.16. The molecule has 1 N–H and O–H groups in total. The minimum absolute atomic E-state index is 0.0852. The highest BCUT2D eigenvalue weighted by Gasteiger charge is 2.12. The van der Waals surface area contributed by atoms with Crippen LogP contribution in [0.1, 0.15) is 28.0 Å². The van der Waals surface area contributed by atoms with Gasteiger partial charge in [0.1, 0.15) is 17.2 Å². The van der Waals surface area contributed by atoms with Crippen molar-refractivity contribution in [1.29, 1.82) is 0 Å². The van der Waals surface area contributed by atoms with Gasteiger partial charge in [0, 0.05) is 24.4 Å². The summed E-state index contributed by atoms with van der Waals surface area (Å²) in [5.41, 5.74) is 2.95. The summed E-state index contributed by atoms with van der Waals surface area (Å²) in [5.74, 6) is 0.730. The van der Waals surface area contributed by atoms with E-state index in [1.54, 1.807) is 0 Å². The Morgan fingerprint density at radius 1 is 1.06 bits per heavy atom. The molecular formula is C25H25N3O3S.